The van der Waals surface area contributed by atoms with E-state index in [4.69, 9.17) is 9.84 Å². The van der Waals surface area contributed by atoms with Crippen LogP contribution in [0.1, 0.15) is 39.0 Å². The number of rotatable bonds is 4. The first kappa shape index (κ1) is 28.9. The molecule has 0 radical (unpaired) electrons. The van der Waals surface area contributed by atoms with Gasteiger partial charge in [0.05, 0.1) is 30.4 Å². The van der Waals surface area contributed by atoms with E-state index in [0.717, 1.165) is 55.6 Å². The number of hydrogen-bond donors (Lipinski definition) is 2. The Balaban J connectivity index is 0.000000216. The molecule has 14 heteroatoms. The maximum Gasteiger partial charge on any atom is 0.416 e. The summed E-state index contributed by atoms with van der Waals surface area (Å²) in [5.74, 6) is -1.97. The minimum absolute atomic E-state index is 0.0704. The second-order valence-corrected chi connectivity index (χ2v) is 7.77. The number of aromatic carboxylic acids is 1. The molecule has 0 bridgehead atoms. The van der Waals surface area contributed by atoms with Gasteiger partial charge in [-0.2, -0.15) is 26.3 Å². The quantitative estimate of drug-likeness (QED) is 0.245. The SMILES string of the molecule is CCOc1cc(C(=O)O)nc2ccc(C(F)(F)F)cc12.COC(=O)c1cc(=O)c2cc(C(F)(F)F)ccc2[nH]1. The third-order valence-electron chi connectivity index (χ3n) is 5.18. The van der Waals surface area contributed by atoms with Gasteiger partial charge in [0.25, 0.3) is 0 Å². The lowest BCUT2D eigenvalue weighted by Crippen LogP contribution is -2.12. The zero-order chi connectivity index (χ0) is 29.1. The van der Waals surface area contributed by atoms with Crippen molar-refractivity contribution < 1.29 is 50.5 Å². The van der Waals surface area contributed by atoms with Crippen LogP contribution in [0.4, 0.5) is 26.3 Å². The van der Waals surface area contributed by atoms with Crippen molar-refractivity contribution in [2.24, 2.45) is 0 Å². The summed E-state index contributed by atoms with van der Waals surface area (Å²) < 4.78 is 85.3. The van der Waals surface area contributed by atoms with Gasteiger partial charge in [0, 0.05) is 28.4 Å². The van der Waals surface area contributed by atoms with Crippen LogP contribution in [0.3, 0.4) is 0 Å². The second-order valence-electron chi connectivity index (χ2n) is 7.77. The number of benzene rings is 2. The van der Waals surface area contributed by atoms with Gasteiger partial charge in [0.2, 0.25) is 0 Å². The van der Waals surface area contributed by atoms with Crippen molar-refractivity contribution in [1.82, 2.24) is 9.97 Å². The molecule has 2 aromatic heterocycles. The first-order chi connectivity index (χ1) is 18.1. The number of methoxy groups -OCH3 is 1. The number of aromatic amines is 1. The molecular weight excluding hydrogens is 538 g/mol. The van der Waals surface area contributed by atoms with Crippen molar-refractivity contribution in [3.8, 4) is 5.75 Å². The Bertz CT molecular complexity index is 1610. The molecule has 0 saturated heterocycles. The summed E-state index contributed by atoms with van der Waals surface area (Å²) >= 11 is 0. The van der Waals surface area contributed by atoms with Crippen LogP contribution in [0.15, 0.2) is 53.3 Å². The van der Waals surface area contributed by atoms with Gasteiger partial charge in [-0.15, -0.1) is 0 Å². The Morgan fingerprint density at radius 2 is 1.51 bits per heavy atom. The Labute approximate surface area is 214 Å². The largest absolute Gasteiger partial charge is 0.493 e. The predicted octanol–water partition coefficient (Wildman–Crippen LogP) is 5.68. The maximum absolute atomic E-state index is 12.7. The molecule has 39 heavy (non-hydrogen) atoms. The standard InChI is InChI=1S/C13H10F3NO3.C12H8F3NO3/c1-2-20-11-6-10(12(18)19)17-9-4-3-7(5-8(9)11)13(14,15)16;1-19-11(18)9-5-10(17)7-4-6(12(13,14)15)2-3-8(7)16-9/h3-6H,2H2,1H3,(H,18,19);2-5H,1H3,(H,16,17). The van der Waals surface area contributed by atoms with Gasteiger partial charge >= 0.3 is 24.3 Å². The monoisotopic (exact) mass is 556 g/mol. The predicted molar refractivity (Wildman–Crippen MR) is 126 cm³/mol. The molecular formula is C25H18F6N2O6. The first-order valence-electron chi connectivity index (χ1n) is 10.9. The molecule has 0 fully saturated rings. The average molecular weight is 556 g/mol. The number of halogens is 6. The molecule has 8 nitrogen and oxygen atoms in total. The van der Waals surface area contributed by atoms with Crippen molar-refractivity contribution in [2.45, 2.75) is 19.3 Å². The topological polar surface area (TPSA) is 119 Å². The lowest BCUT2D eigenvalue weighted by molar-refractivity contribution is -0.138. The van der Waals surface area contributed by atoms with Gasteiger partial charge in [-0.3, -0.25) is 4.79 Å². The molecule has 206 valence electrons. The number of H-pyrrole nitrogens is 1. The van der Waals surface area contributed by atoms with Gasteiger partial charge in [-0.05, 0) is 43.3 Å². The normalized spacial score (nSPS) is 11.6. The van der Waals surface area contributed by atoms with Gasteiger partial charge in [-0.25, -0.2) is 14.6 Å². The van der Waals surface area contributed by atoms with E-state index in [-0.39, 0.29) is 45.6 Å². The number of carboxylic acid groups (broad SMARTS) is 1. The van der Waals surface area contributed by atoms with Crippen molar-refractivity contribution in [3.63, 3.8) is 0 Å². The highest BCUT2D eigenvalue weighted by molar-refractivity contribution is 5.93. The minimum Gasteiger partial charge on any atom is -0.493 e. The van der Waals surface area contributed by atoms with Crippen LogP contribution in [-0.4, -0.2) is 40.7 Å². The average Bonchev–Trinajstić information content (AvgIpc) is 2.87. The fourth-order valence-corrected chi connectivity index (χ4v) is 3.40. The molecule has 0 spiro atoms. The summed E-state index contributed by atoms with van der Waals surface area (Å²) in [7, 11) is 1.14. The van der Waals surface area contributed by atoms with Crippen LogP contribution >= 0.6 is 0 Å². The fourth-order valence-electron chi connectivity index (χ4n) is 3.40. The van der Waals surface area contributed by atoms with Crippen LogP contribution in [0.25, 0.3) is 21.8 Å². The van der Waals surface area contributed by atoms with Crippen LogP contribution in [-0.2, 0) is 17.1 Å². The highest BCUT2D eigenvalue weighted by Gasteiger charge is 2.31. The van der Waals surface area contributed by atoms with E-state index in [2.05, 4.69) is 14.7 Å². The molecule has 0 saturated carbocycles. The van der Waals surface area contributed by atoms with E-state index in [1.165, 1.54) is 0 Å². The number of aromatic nitrogens is 2. The molecule has 2 heterocycles. The number of esters is 1. The number of pyridine rings is 2. The molecule has 0 aliphatic rings. The van der Waals surface area contributed by atoms with Gasteiger partial charge in [0.15, 0.2) is 11.1 Å². The van der Waals surface area contributed by atoms with Crippen molar-refractivity contribution in [1.29, 1.82) is 0 Å². The summed E-state index contributed by atoms with van der Waals surface area (Å²) in [6, 6.07) is 7.60. The highest BCUT2D eigenvalue weighted by Crippen LogP contribution is 2.34. The van der Waals surface area contributed by atoms with Crippen molar-refractivity contribution in [3.05, 3.63) is 81.3 Å². The summed E-state index contributed by atoms with van der Waals surface area (Å²) in [6.45, 7) is 1.86. The van der Waals surface area contributed by atoms with Gasteiger partial charge in [0.1, 0.15) is 11.4 Å². The fraction of sp³-hybridized carbons (Fsp3) is 0.200. The van der Waals surface area contributed by atoms with E-state index in [9.17, 15) is 40.7 Å². The molecule has 4 aromatic rings. The number of carbonyl (C=O) groups excluding carboxylic acids is 1. The number of hydrogen-bond acceptors (Lipinski definition) is 6. The molecule has 0 unspecified atom stereocenters. The van der Waals surface area contributed by atoms with Crippen LogP contribution in [0.5, 0.6) is 5.75 Å². The zero-order valence-corrected chi connectivity index (χ0v) is 20.0. The Morgan fingerprint density at radius 3 is 2.05 bits per heavy atom. The molecule has 0 atom stereocenters. The zero-order valence-electron chi connectivity index (χ0n) is 20.0. The van der Waals surface area contributed by atoms with E-state index in [1.807, 2.05) is 0 Å². The van der Waals surface area contributed by atoms with E-state index in [0.29, 0.717) is 0 Å². The summed E-state index contributed by atoms with van der Waals surface area (Å²) in [4.78, 5) is 40.2. The summed E-state index contributed by atoms with van der Waals surface area (Å²) in [6.07, 6.45) is -9.01. The van der Waals surface area contributed by atoms with Crippen molar-refractivity contribution >= 4 is 33.7 Å². The smallest absolute Gasteiger partial charge is 0.416 e. The lowest BCUT2D eigenvalue weighted by Gasteiger charge is -2.11. The number of carbonyl (C=O) groups is 2. The lowest BCUT2D eigenvalue weighted by atomic mass is 10.1. The first-order valence-corrected chi connectivity index (χ1v) is 10.9. The van der Waals surface area contributed by atoms with Crippen LogP contribution < -0.4 is 10.2 Å². The van der Waals surface area contributed by atoms with Crippen LogP contribution in [0.2, 0.25) is 0 Å². The molecule has 2 N–H and O–H groups in total. The Morgan fingerprint density at radius 1 is 0.923 bits per heavy atom. The third kappa shape index (κ3) is 6.64. The number of fused-ring (bicyclic) bond motifs is 2. The van der Waals surface area contributed by atoms with Gasteiger partial charge < -0.3 is 19.6 Å². The minimum atomic E-state index is -4.53. The molecule has 2 aromatic carbocycles. The number of carboxylic acids is 1. The van der Waals surface area contributed by atoms with Gasteiger partial charge in [-0.1, -0.05) is 0 Å². The van der Waals surface area contributed by atoms with E-state index >= 15 is 0 Å². The van der Waals surface area contributed by atoms with E-state index in [1.54, 1.807) is 6.92 Å². The molecule has 0 amide bonds. The molecule has 0 aliphatic carbocycles. The van der Waals surface area contributed by atoms with Crippen LogP contribution in [0, 0.1) is 0 Å². The number of nitrogens with zero attached hydrogens (tertiary/aromatic N) is 1. The summed E-state index contributed by atoms with van der Waals surface area (Å²) in [5.41, 5.74) is -2.55. The number of ether oxygens (including phenoxy) is 2. The third-order valence-corrected chi connectivity index (χ3v) is 5.18. The number of nitrogens with one attached hydrogen (secondary N) is 1. The summed E-state index contributed by atoms with van der Waals surface area (Å²) in [5, 5.41) is 8.92. The van der Waals surface area contributed by atoms with Crippen molar-refractivity contribution in [2.75, 3.05) is 13.7 Å². The highest BCUT2D eigenvalue weighted by atomic mass is 19.4. The number of alkyl halides is 6. The van der Waals surface area contributed by atoms with E-state index < -0.39 is 40.8 Å². The molecule has 0 aliphatic heterocycles. The second kappa shape index (κ2) is 11.0. The molecule has 4 rings (SSSR count). The Hall–Kier alpha value is -4.62. The maximum atomic E-state index is 12.7. The Kier molecular flexibility index (Phi) is 8.17.